The van der Waals surface area contributed by atoms with Crippen molar-refractivity contribution in [1.29, 1.82) is 0 Å². The minimum atomic E-state index is -3.37. The van der Waals surface area contributed by atoms with Crippen LogP contribution in [0.2, 0.25) is 0 Å². The summed E-state index contributed by atoms with van der Waals surface area (Å²) in [5.41, 5.74) is 6.39. The molecule has 1 fully saturated rings. The quantitative estimate of drug-likeness (QED) is 0.700. The Hall–Kier alpha value is 0.300. The summed E-state index contributed by atoms with van der Waals surface area (Å²) in [6.07, 6.45) is 2.49. The molecule has 0 saturated carbocycles. The van der Waals surface area contributed by atoms with Crippen LogP contribution >= 0.6 is 39.7 Å². The Morgan fingerprint density at radius 2 is 2.09 bits per heavy atom. The lowest BCUT2D eigenvalue weighted by Crippen LogP contribution is -2.40. The van der Waals surface area contributed by atoms with Gasteiger partial charge in [-0.15, -0.1) is 23.7 Å². The first-order valence-corrected chi connectivity index (χ1v) is 10.1. The molecule has 2 N–H and O–H groups in total. The van der Waals surface area contributed by atoms with Crippen LogP contribution in [0, 0.1) is 6.92 Å². The summed E-state index contributed by atoms with van der Waals surface area (Å²) in [5, 5.41) is 0. The largest absolute Gasteiger partial charge is 0.378 e. The second-order valence-electron chi connectivity index (χ2n) is 5.14. The number of aryl methyl sites for hydroxylation is 1. The van der Waals surface area contributed by atoms with Crippen molar-refractivity contribution in [2.24, 2.45) is 5.73 Å². The van der Waals surface area contributed by atoms with Crippen LogP contribution in [0.5, 0.6) is 0 Å². The maximum absolute atomic E-state index is 12.6. The zero-order valence-corrected chi connectivity index (χ0v) is 16.5. The first-order valence-electron chi connectivity index (χ1n) is 7.03. The number of sulfonamides is 1. The normalized spacial score (nSPS) is 17.4. The molecule has 9 heteroatoms. The third kappa shape index (κ3) is 4.90. The number of piperidine rings is 1. The maximum atomic E-state index is 12.6. The third-order valence-corrected chi connectivity index (χ3v) is 8.02. The average molecular weight is 434 g/mol. The molecule has 2 heterocycles. The van der Waals surface area contributed by atoms with Crippen LogP contribution < -0.4 is 5.73 Å². The lowest BCUT2D eigenvalue weighted by atomic mass is 10.1. The highest BCUT2D eigenvalue weighted by Gasteiger charge is 2.31. The SMILES string of the molecule is Cc1cc(S(=O)(=O)N2CCC(OCCCN)CC2)sc1Br.Cl. The van der Waals surface area contributed by atoms with Crippen LogP contribution in [0.3, 0.4) is 0 Å². The Balaban J connectivity index is 0.00000242. The molecule has 0 aromatic carbocycles. The minimum absolute atomic E-state index is 0. The van der Waals surface area contributed by atoms with E-state index in [2.05, 4.69) is 15.9 Å². The van der Waals surface area contributed by atoms with Gasteiger partial charge in [-0.2, -0.15) is 4.31 Å². The topological polar surface area (TPSA) is 72.6 Å². The van der Waals surface area contributed by atoms with Crippen LogP contribution in [0.4, 0.5) is 0 Å². The average Bonchev–Trinajstić information content (AvgIpc) is 2.80. The Morgan fingerprint density at radius 1 is 1.45 bits per heavy atom. The van der Waals surface area contributed by atoms with E-state index in [4.69, 9.17) is 10.5 Å². The van der Waals surface area contributed by atoms with Gasteiger partial charge in [0.05, 0.1) is 9.89 Å². The van der Waals surface area contributed by atoms with Gasteiger partial charge < -0.3 is 10.5 Å². The van der Waals surface area contributed by atoms with E-state index in [9.17, 15) is 8.42 Å². The van der Waals surface area contributed by atoms with Crippen LogP contribution in [0.1, 0.15) is 24.8 Å². The fraction of sp³-hybridized carbons (Fsp3) is 0.692. The maximum Gasteiger partial charge on any atom is 0.252 e. The number of thiophene rings is 1. The number of nitrogens with zero attached hydrogens (tertiary/aromatic N) is 1. The van der Waals surface area contributed by atoms with Gasteiger partial charge in [0.25, 0.3) is 10.0 Å². The van der Waals surface area contributed by atoms with Crippen molar-refractivity contribution < 1.29 is 13.2 Å². The van der Waals surface area contributed by atoms with E-state index in [-0.39, 0.29) is 18.5 Å². The zero-order valence-electron chi connectivity index (χ0n) is 12.5. The highest BCUT2D eigenvalue weighted by atomic mass is 79.9. The molecular formula is C13H22BrClN2O3S2. The van der Waals surface area contributed by atoms with Crippen molar-refractivity contribution >= 4 is 49.7 Å². The van der Waals surface area contributed by atoms with Crippen molar-refractivity contribution in [3.63, 3.8) is 0 Å². The summed E-state index contributed by atoms with van der Waals surface area (Å²) < 4.78 is 33.7. The molecule has 0 unspecified atom stereocenters. The van der Waals surface area contributed by atoms with Crippen LogP contribution in [-0.2, 0) is 14.8 Å². The smallest absolute Gasteiger partial charge is 0.252 e. The second-order valence-corrected chi connectivity index (χ2v) is 9.67. The predicted molar refractivity (Wildman–Crippen MR) is 95.4 cm³/mol. The number of hydrogen-bond donors (Lipinski definition) is 1. The van der Waals surface area contributed by atoms with E-state index in [1.165, 1.54) is 11.3 Å². The van der Waals surface area contributed by atoms with Crippen molar-refractivity contribution in [2.75, 3.05) is 26.2 Å². The Kier molecular flexibility index (Phi) is 8.29. The standard InChI is InChI=1S/C13H21BrN2O3S2.ClH/c1-10-9-12(20-13(10)14)21(17,18)16-6-3-11(4-7-16)19-8-2-5-15;/h9,11H,2-8,15H2,1H3;1H. The highest BCUT2D eigenvalue weighted by Crippen LogP contribution is 2.33. The monoisotopic (exact) mass is 432 g/mol. The number of nitrogens with two attached hydrogens (primary N) is 1. The number of rotatable bonds is 6. The van der Waals surface area contributed by atoms with Gasteiger partial charge in [-0.1, -0.05) is 0 Å². The van der Waals surface area contributed by atoms with E-state index >= 15 is 0 Å². The molecule has 0 aliphatic carbocycles. The molecule has 0 bridgehead atoms. The third-order valence-electron chi connectivity index (χ3n) is 3.53. The highest BCUT2D eigenvalue weighted by molar-refractivity contribution is 9.11. The van der Waals surface area contributed by atoms with Crippen molar-refractivity contribution in [2.45, 2.75) is 36.5 Å². The summed E-state index contributed by atoms with van der Waals surface area (Å²) in [6.45, 7) is 4.22. The molecule has 0 amide bonds. The molecule has 0 atom stereocenters. The minimum Gasteiger partial charge on any atom is -0.378 e. The molecule has 22 heavy (non-hydrogen) atoms. The van der Waals surface area contributed by atoms with Crippen LogP contribution in [0.15, 0.2) is 14.1 Å². The zero-order chi connectivity index (χ0) is 15.5. The molecule has 1 aliphatic rings. The summed E-state index contributed by atoms with van der Waals surface area (Å²) in [5.74, 6) is 0. The Morgan fingerprint density at radius 3 is 2.59 bits per heavy atom. The van der Waals surface area contributed by atoms with Gasteiger partial charge in [0.15, 0.2) is 0 Å². The summed E-state index contributed by atoms with van der Waals surface area (Å²) >= 11 is 4.66. The lowest BCUT2D eigenvalue weighted by molar-refractivity contribution is 0.0209. The van der Waals surface area contributed by atoms with Gasteiger partial charge in [0.1, 0.15) is 4.21 Å². The van der Waals surface area contributed by atoms with Gasteiger partial charge in [0.2, 0.25) is 0 Å². The molecule has 0 spiro atoms. The molecule has 1 aliphatic heterocycles. The van der Waals surface area contributed by atoms with E-state index in [1.807, 2.05) is 6.92 Å². The van der Waals surface area contributed by atoms with E-state index in [0.29, 0.717) is 30.5 Å². The van der Waals surface area contributed by atoms with Gasteiger partial charge in [-0.25, -0.2) is 8.42 Å². The van der Waals surface area contributed by atoms with E-state index in [1.54, 1.807) is 10.4 Å². The van der Waals surface area contributed by atoms with Gasteiger partial charge >= 0.3 is 0 Å². The lowest BCUT2D eigenvalue weighted by Gasteiger charge is -2.30. The van der Waals surface area contributed by atoms with Crippen molar-refractivity contribution in [1.82, 2.24) is 4.31 Å². The molecule has 128 valence electrons. The summed E-state index contributed by atoms with van der Waals surface area (Å²) in [7, 11) is -3.37. The van der Waals surface area contributed by atoms with Gasteiger partial charge in [-0.3, -0.25) is 0 Å². The molecule has 0 radical (unpaired) electrons. The van der Waals surface area contributed by atoms with Gasteiger partial charge in [0, 0.05) is 19.7 Å². The molecule has 1 saturated heterocycles. The fourth-order valence-corrected chi connectivity index (χ4v) is 6.11. The fourth-order valence-electron chi connectivity index (χ4n) is 2.26. The predicted octanol–water partition coefficient (Wildman–Crippen LogP) is 2.76. The van der Waals surface area contributed by atoms with Crippen molar-refractivity contribution in [3.05, 3.63) is 15.4 Å². The summed E-state index contributed by atoms with van der Waals surface area (Å²) in [4.78, 5) is 0. The molecule has 2 rings (SSSR count). The van der Waals surface area contributed by atoms with E-state index in [0.717, 1.165) is 28.6 Å². The van der Waals surface area contributed by atoms with E-state index < -0.39 is 10.0 Å². The number of ether oxygens (including phenoxy) is 1. The molecule has 1 aromatic rings. The number of halogens is 2. The summed E-state index contributed by atoms with van der Waals surface area (Å²) in [6, 6.07) is 1.73. The first kappa shape index (κ1) is 20.3. The molecular weight excluding hydrogens is 412 g/mol. The second kappa shape index (κ2) is 8.96. The number of hydrogen-bond acceptors (Lipinski definition) is 5. The van der Waals surface area contributed by atoms with Crippen molar-refractivity contribution in [3.8, 4) is 0 Å². The molecule has 1 aromatic heterocycles. The first-order chi connectivity index (χ1) is 9.95. The Labute approximate surface area is 150 Å². The van der Waals surface area contributed by atoms with Crippen LogP contribution in [0.25, 0.3) is 0 Å². The van der Waals surface area contributed by atoms with Gasteiger partial charge in [-0.05, 0) is 60.3 Å². The Bertz CT molecular complexity index is 552. The van der Waals surface area contributed by atoms with Crippen LogP contribution in [-0.4, -0.2) is 45.1 Å². The molecule has 5 nitrogen and oxygen atoms in total.